The van der Waals surface area contributed by atoms with Gasteiger partial charge in [-0.15, -0.1) is 0 Å². The number of halogens is 1. The Balaban J connectivity index is 2.13. The molecule has 7 nitrogen and oxygen atoms in total. The summed E-state index contributed by atoms with van der Waals surface area (Å²) in [5.74, 6) is 0. The summed E-state index contributed by atoms with van der Waals surface area (Å²) < 4.78 is 54.4. The van der Waals surface area contributed by atoms with Crippen molar-refractivity contribution in [2.45, 2.75) is 36.5 Å². The molecule has 0 N–H and O–H groups in total. The molecule has 0 spiro atoms. The zero-order chi connectivity index (χ0) is 18.4. The average Bonchev–Trinajstić information content (AvgIpc) is 3.16. The molecule has 0 atom stereocenters. The topological polar surface area (TPSA) is 89.3 Å². The van der Waals surface area contributed by atoms with Crippen LogP contribution < -0.4 is 0 Å². The van der Waals surface area contributed by atoms with E-state index in [0.29, 0.717) is 13.1 Å². The molecule has 0 unspecified atom stereocenters. The molecule has 0 bridgehead atoms. The Hall–Kier alpha value is -1.23. The van der Waals surface area contributed by atoms with E-state index in [1.165, 1.54) is 30.3 Å². The molecule has 25 heavy (non-hydrogen) atoms. The summed E-state index contributed by atoms with van der Waals surface area (Å²) in [5, 5.41) is 4.03. The maximum Gasteiger partial charge on any atom is 0.283 e. The van der Waals surface area contributed by atoms with Crippen molar-refractivity contribution in [1.29, 1.82) is 0 Å². The number of benzene rings is 1. The Morgan fingerprint density at radius 1 is 0.960 bits per heavy atom. The van der Waals surface area contributed by atoms with Gasteiger partial charge < -0.3 is 0 Å². The first-order chi connectivity index (χ1) is 11.7. The van der Waals surface area contributed by atoms with Crippen molar-refractivity contribution in [3.63, 3.8) is 0 Å². The highest BCUT2D eigenvalue weighted by atomic mass is 79.9. The normalized spacial score (nSPS) is 16.4. The van der Waals surface area contributed by atoms with Gasteiger partial charge in [-0.1, -0.05) is 15.9 Å². The van der Waals surface area contributed by atoms with E-state index in [4.69, 9.17) is 0 Å². The van der Waals surface area contributed by atoms with Crippen LogP contribution in [0.25, 0.3) is 0 Å². The molecule has 3 rings (SSSR count). The molecule has 0 saturated carbocycles. The average molecular weight is 448 g/mol. The zero-order valence-corrected chi connectivity index (χ0v) is 17.0. The molecule has 1 fully saturated rings. The van der Waals surface area contributed by atoms with Gasteiger partial charge in [-0.05, 0) is 51.0 Å². The maximum absolute atomic E-state index is 12.9. The fourth-order valence-electron chi connectivity index (χ4n) is 2.98. The van der Waals surface area contributed by atoms with Crippen molar-refractivity contribution in [2.24, 2.45) is 0 Å². The van der Waals surface area contributed by atoms with Gasteiger partial charge in [0, 0.05) is 17.6 Å². The lowest BCUT2D eigenvalue weighted by molar-refractivity contribution is 0.476. The van der Waals surface area contributed by atoms with Crippen LogP contribution in [-0.2, 0) is 20.0 Å². The van der Waals surface area contributed by atoms with E-state index < -0.39 is 20.0 Å². The number of rotatable bonds is 4. The van der Waals surface area contributed by atoms with Crippen LogP contribution >= 0.6 is 15.9 Å². The molecular weight excluding hydrogens is 430 g/mol. The van der Waals surface area contributed by atoms with Crippen LogP contribution in [0.3, 0.4) is 0 Å². The van der Waals surface area contributed by atoms with E-state index in [1.807, 2.05) is 0 Å². The van der Waals surface area contributed by atoms with Gasteiger partial charge in [0.05, 0.1) is 16.3 Å². The first-order valence-corrected chi connectivity index (χ1v) is 11.4. The molecule has 1 saturated heterocycles. The molecule has 1 aliphatic rings. The fraction of sp³-hybridized carbons (Fsp3) is 0.400. The Labute approximate surface area is 155 Å². The monoisotopic (exact) mass is 447 g/mol. The number of aryl methyl sites for hydroxylation is 1. The summed E-state index contributed by atoms with van der Waals surface area (Å²) in [7, 11) is -7.72. The van der Waals surface area contributed by atoms with E-state index in [0.717, 1.165) is 21.4 Å². The highest BCUT2D eigenvalue weighted by Gasteiger charge is 2.35. The van der Waals surface area contributed by atoms with Crippen molar-refractivity contribution < 1.29 is 16.8 Å². The third-order valence-electron chi connectivity index (χ3n) is 4.19. The van der Waals surface area contributed by atoms with E-state index in [-0.39, 0.29) is 21.2 Å². The van der Waals surface area contributed by atoms with Gasteiger partial charge in [0.15, 0.2) is 0 Å². The van der Waals surface area contributed by atoms with Crippen molar-refractivity contribution >= 4 is 36.0 Å². The van der Waals surface area contributed by atoms with Gasteiger partial charge in [-0.3, -0.25) is 0 Å². The highest BCUT2D eigenvalue weighted by Crippen LogP contribution is 2.28. The van der Waals surface area contributed by atoms with Gasteiger partial charge in [-0.2, -0.15) is 21.9 Å². The lowest BCUT2D eigenvalue weighted by Gasteiger charge is -2.15. The van der Waals surface area contributed by atoms with E-state index >= 15 is 0 Å². The molecule has 136 valence electrons. The second-order valence-electron chi connectivity index (χ2n) is 5.91. The van der Waals surface area contributed by atoms with Crippen LogP contribution in [-0.4, -0.2) is 43.4 Å². The van der Waals surface area contributed by atoms with Gasteiger partial charge >= 0.3 is 0 Å². The lowest BCUT2D eigenvalue weighted by atomic mass is 10.4. The Bertz CT molecular complexity index is 1010. The first-order valence-electron chi connectivity index (χ1n) is 7.73. The van der Waals surface area contributed by atoms with Gasteiger partial charge in [0.2, 0.25) is 10.0 Å². The molecule has 1 aromatic carbocycles. The van der Waals surface area contributed by atoms with Gasteiger partial charge in [-0.25, -0.2) is 8.42 Å². The Morgan fingerprint density at radius 2 is 1.52 bits per heavy atom. The number of hydrogen-bond donors (Lipinski definition) is 0. The smallest absolute Gasteiger partial charge is 0.207 e. The first kappa shape index (κ1) is 18.6. The molecule has 0 radical (unpaired) electrons. The van der Waals surface area contributed by atoms with Crippen molar-refractivity contribution in [3.8, 4) is 0 Å². The van der Waals surface area contributed by atoms with Gasteiger partial charge in [0.1, 0.15) is 4.90 Å². The zero-order valence-electron chi connectivity index (χ0n) is 13.8. The van der Waals surface area contributed by atoms with Crippen molar-refractivity contribution in [2.75, 3.05) is 13.1 Å². The molecule has 2 aromatic rings. The summed E-state index contributed by atoms with van der Waals surface area (Å²) in [6.45, 7) is 3.89. The summed E-state index contributed by atoms with van der Waals surface area (Å²) in [5.41, 5.74) is 0.289. The van der Waals surface area contributed by atoms with Crippen LogP contribution in [0.1, 0.15) is 24.2 Å². The number of nitrogens with zero attached hydrogens (tertiary/aromatic N) is 3. The number of hydrogen-bond acceptors (Lipinski definition) is 5. The van der Waals surface area contributed by atoms with Crippen LogP contribution in [0.2, 0.25) is 0 Å². The van der Waals surface area contributed by atoms with Crippen LogP contribution in [0.4, 0.5) is 0 Å². The predicted molar refractivity (Wildman–Crippen MR) is 96.4 cm³/mol. The Morgan fingerprint density at radius 3 is 2.08 bits per heavy atom. The summed E-state index contributed by atoms with van der Waals surface area (Å²) in [6, 6.07) is 6.12. The third-order valence-corrected chi connectivity index (χ3v) is 8.55. The molecule has 0 amide bonds. The van der Waals surface area contributed by atoms with Crippen molar-refractivity contribution in [3.05, 3.63) is 40.1 Å². The molecule has 1 aliphatic heterocycles. The van der Waals surface area contributed by atoms with Crippen LogP contribution in [0, 0.1) is 13.8 Å². The predicted octanol–water partition coefficient (Wildman–Crippen LogP) is 2.28. The van der Waals surface area contributed by atoms with Crippen LogP contribution in [0.15, 0.2) is 38.5 Å². The minimum absolute atomic E-state index is 0.0184. The fourth-order valence-corrected chi connectivity index (χ4v) is 6.53. The van der Waals surface area contributed by atoms with E-state index in [9.17, 15) is 16.8 Å². The van der Waals surface area contributed by atoms with E-state index in [2.05, 4.69) is 21.0 Å². The summed E-state index contributed by atoms with van der Waals surface area (Å²) in [4.78, 5) is 0.0292. The molecule has 10 heteroatoms. The largest absolute Gasteiger partial charge is 0.283 e. The van der Waals surface area contributed by atoms with E-state index in [1.54, 1.807) is 12.1 Å². The molecule has 2 heterocycles. The minimum atomic E-state index is -3.97. The maximum atomic E-state index is 12.9. The molecule has 0 aliphatic carbocycles. The highest BCUT2D eigenvalue weighted by molar-refractivity contribution is 9.10. The second-order valence-corrected chi connectivity index (χ2v) is 10.5. The molecular formula is C15H18BrN3O4S2. The third kappa shape index (κ3) is 3.16. The van der Waals surface area contributed by atoms with Crippen molar-refractivity contribution in [1.82, 2.24) is 13.5 Å². The minimum Gasteiger partial charge on any atom is -0.207 e. The standard InChI is InChI=1S/C15H18BrN3O4S2/c1-11-15(25(22,23)18-9-3-4-10-18)12(2)19(17-11)24(20,21)14-7-5-13(16)6-8-14/h5-8H,3-4,9-10H2,1-2H3. The summed E-state index contributed by atoms with van der Waals surface area (Å²) >= 11 is 3.26. The quantitative estimate of drug-likeness (QED) is 0.716. The summed E-state index contributed by atoms with van der Waals surface area (Å²) in [6.07, 6.45) is 1.62. The lowest BCUT2D eigenvalue weighted by Crippen LogP contribution is -2.29. The second kappa shape index (κ2) is 6.49. The Kier molecular flexibility index (Phi) is 4.82. The SMILES string of the molecule is Cc1nn(S(=O)(=O)c2ccc(Br)cc2)c(C)c1S(=O)(=O)N1CCCC1. The molecule has 1 aromatic heterocycles. The van der Waals surface area contributed by atoms with Crippen LogP contribution in [0.5, 0.6) is 0 Å². The van der Waals surface area contributed by atoms with Gasteiger partial charge in [0.25, 0.3) is 10.0 Å². The number of sulfonamides is 1. The number of aromatic nitrogens is 2.